The van der Waals surface area contributed by atoms with Crippen LogP contribution < -0.4 is 11.1 Å². The minimum absolute atomic E-state index is 0.0422. The van der Waals surface area contributed by atoms with Gasteiger partial charge in [0, 0.05) is 31.1 Å². The monoisotopic (exact) mass is 321 g/mol. The van der Waals surface area contributed by atoms with Crippen molar-refractivity contribution in [3.05, 3.63) is 0 Å². The number of nitrogens with one attached hydrogen (secondary N) is 1. The van der Waals surface area contributed by atoms with Crippen molar-refractivity contribution in [1.82, 2.24) is 9.62 Å². The maximum Gasteiger partial charge on any atom is 0.240 e. The molecule has 3 N–H and O–H groups in total. The molecule has 20 heavy (non-hydrogen) atoms. The zero-order chi connectivity index (χ0) is 14.6. The van der Waals surface area contributed by atoms with E-state index in [1.54, 1.807) is 11.8 Å². The fourth-order valence-electron chi connectivity index (χ4n) is 2.66. The molecule has 1 amide bonds. The molecule has 0 aromatic rings. The van der Waals surface area contributed by atoms with Gasteiger partial charge in [-0.3, -0.25) is 4.79 Å². The molecule has 2 rings (SSSR count). The predicted octanol–water partition coefficient (Wildman–Crippen LogP) is -0.247. The van der Waals surface area contributed by atoms with Gasteiger partial charge >= 0.3 is 0 Å². The van der Waals surface area contributed by atoms with Gasteiger partial charge in [0.2, 0.25) is 15.9 Å². The van der Waals surface area contributed by atoms with E-state index in [0.29, 0.717) is 25.9 Å². The molecule has 8 heteroatoms. The number of carbonyl (C=O) groups is 1. The Balaban J connectivity index is 1.78. The molecule has 1 saturated carbocycles. The number of thioether (sulfide) groups is 1. The van der Waals surface area contributed by atoms with Gasteiger partial charge in [0.25, 0.3) is 0 Å². The van der Waals surface area contributed by atoms with Gasteiger partial charge in [0.15, 0.2) is 0 Å². The summed E-state index contributed by atoms with van der Waals surface area (Å²) in [5.41, 5.74) is 5.23. The van der Waals surface area contributed by atoms with Crippen LogP contribution in [0.3, 0.4) is 0 Å². The Hall–Kier alpha value is -0.310. The lowest BCUT2D eigenvalue weighted by molar-refractivity contribution is -0.126. The number of nitrogens with zero attached hydrogens (tertiary/aromatic N) is 1. The van der Waals surface area contributed by atoms with Gasteiger partial charge < -0.3 is 11.1 Å². The molecule has 2 aliphatic rings. The Morgan fingerprint density at radius 3 is 2.45 bits per heavy atom. The van der Waals surface area contributed by atoms with Crippen molar-refractivity contribution in [2.75, 3.05) is 36.9 Å². The number of carbonyl (C=O) groups excluding carboxylic acids is 1. The van der Waals surface area contributed by atoms with Gasteiger partial charge in [0.05, 0.1) is 11.3 Å². The van der Waals surface area contributed by atoms with Crippen LogP contribution >= 0.6 is 11.8 Å². The SMILES string of the molecule is NC1(C(=O)NCCS(=O)(=O)N2CCSCC2)CCCC1. The molecule has 116 valence electrons. The maximum absolute atomic E-state index is 12.1. The molecule has 6 nitrogen and oxygen atoms in total. The molecule has 1 saturated heterocycles. The molecular formula is C12H23N3O3S2. The van der Waals surface area contributed by atoms with Crippen LogP contribution in [0.5, 0.6) is 0 Å². The normalized spacial score (nSPS) is 23.6. The van der Waals surface area contributed by atoms with E-state index in [-0.39, 0.29) is 18.2 Å². The van der Waals surface area contributed by atoms with Crippen LogP contribution in [-0.4, -0.2) is 61.1 Å². The van der Waals surface area contributed by atoms with Crippen molar-refractivity contribution in [1.29, 1.82) is 0 Å². The highest BCUT2D eigenvalue weighted by molar-refractivity contribution is 7.99. The molecule has 1 aliphatic carbocycles. The van der Waals surface area contributed by atoms with Crippen LogP contribution in [0, 0.1) is 0 Å². The highest BCUT2D eigenvalue weighted by atomic mass is 32.2. The van der Waals surface area contributed by atoms with E-state index >= 15 is 0 Å². The molecule has 2 fully saturated rings. The largest absolute Gasteiger partial charge is 0.353 e. The first-order chi connectivity index (χ1) is 9.44. The molecule has 1 heterocycles. The highest BCUT2D eigenvalue weighted by Gasteiger charge is 2.37. The minimum Gasteiger partial charge on any atom is -0.353 e. The number of amides is 1. The fraction of sp³-hybridized carbons (Fsp3) is 0.917. The van der Waals surface area contributed by atoms with Crippen molar-refractivity contribution in [3.8, 4) is 0 Å². The summed E-state index contributed by atoms with van der Waals surface area (Å²) in [5.74, 6) is 1.44. The number of hydrogen-bond acceptors (Lipinski definition) is 5. The van der Waals surface area contributed by atoms with Crippen LogP contribution in [-0.2, 0) is 14.8 Å². The Morgan fingerprint density at radius 2 is 1.85 bits per heavy atom. The first kappa shape index (κ1) is 16.1. The van der Waals surface area contributed by atoms with E-state index < -0.39 is 15.6 Å². The van der Waals surface area contributed by atoms with E-state index in [1.807, 2.05) is 0 Å². The molecule has 0 atom stereocenters. The van der Waals surface area contributed by atoms with Crippen LogP contribution in [0.25, 0.3) is 0 Å². The quantitative estimate of drug-likeness (QED) is 0.728. The summed E-state index contributed by atoms with van der Waals surface area (Å²) in [6.45, 7) is 1.29. The van der Waals surface area contributed by atoms with E-state index in [9.17, 15) is 13.2 Å². The Labute approximate surface area is 124 Å². The Morgan fingerprint density at radius 1 is 1.25 bits per heavy atom. The minimum atomic E-state index is -3.26. The lowest BCUT2D eigenvalue weighted by atomic mass is 9.98. The second-order valence-corrected chi connectivity index (χ2v) is 8.76. The molecule has 0 radical (unpaired) electrons. The third kappa shape index (κ3) is 3.87. The Kier molecular flexibility index (Phi) is 5.33. The van der Waals surface area contributed by atoms with Crippen molar-refractivity contribution >= 4 is 27.7 Å². The second-order valence-electron chi connectivity index (χ2n) is 5.45. The zero-order valence-corrected chi connectivity index (χ0v) is 13.3. The average Bonchev–Trinajstić information content (AvgIpc) is 2.88. The predicted molar refractivity (Wildman–Crippen MR) is 81.1 cm³/mol. The highest BCUT2D eigenvalue weighted by Crippen LogP contribution is 2.27. The molecule has 0 unspecified atom stereocenters. The lowest BCUT2D eigenvalue weighted by Crippen LogP contribution is -2.53. The number of hydrogen-bond donors (Lipinski definition) is 2. The first-order valence-corrected chi connectivity index (χ1v) is 9.83. The van der Waals surface area contributed by atoms with Crippen molar-refractivity contribution in [3.63, 3.8) is 0 Å². The van der Waals surface area contributed by atoms with E-state index in [4.69, 9.17) is 5.73 Å². The van der Waals surface area contributed by atoms with E-state index in [2.05, 4.69) is 5.32 Å². The summed E-state index contributed by atoms with van der Waals surface area (Å²) >= 11 is 1.77. The summed E-state index contributed by atoms with van der Waals surface area (Å²) in [5, 5.41) is 2.69. The number of nitrogens with two attached hydrogens (primary N) is 1. The Bertz CT molecular complexity index is 441. The standard InChI is InChI=1S/C12H23N3O3S2/c13-12(3-1-2-4-12)11(16)14-5-10-20(17,18)15-6-8-19-9-7-15/h1-10,13H2,(H,14,16). The molecule has 1 aliphatic heterocycles. The van der Waals surface area contributed by atoms with Crippen molar-refractivity contribution < 1.29 is 13.2 Å². The van der Waals surface area contributed by atoms with Crippen LogP contribution in [0.15, 0.2) is 0 Å². The summed E-state index contributed by atoms with van der Waals surface area (Å²) in [6, 6.07) is 0. The van der Waals surface area contributed by atoms with Crippen LogP contribution in [0.4, 0.5) is 0 Å². The molecule has 0 spiro atoms. The topological polar surface area (TPSA) is 92.5 Å². The fourth-order valence-corrected chi connectivity index (χ4v) is 5.15. The summed E-state index contributed by atoms with van der Waals surface area (Å²) in [7, 11) is -3.26. The van der Waals surface area contributed by atoms with E-state index in [0.717, 1.165) is 24.3 Å². The lowest BCUT2D eigenvalue weighted by Gasteiger charge is -2.26. The average molecular weight is 321 g/mol. The first-order valence-electron chi connectivity index (χ1n) is 7.07. The molecular weight excluding hydrogens is 298 g/mol. The second kappa shape index (κ2) is 6.64. The van der Waals surface area contributed by atoms with Gasteiger partial charge in [-0.2, -0.15) is 11.8 Å². The van der Waals surface area contributed by atoms with Gasteiger partial charge in [0.1, 0.15) is 0 Å². The molecule has 0 aromatic carbocycles. The van der Waals surface area contributed by atoms with Crippen molar-refractivity contribution in [2.24, 2.45) is 5.73 Å². The maximum atomic E-state index is 12.1. The van der Waals surface area contributed by atoms with Gasteiger partial charge in [-0.1, -0.05) is 12.8 Å². The molecule has 0 aromatic heterocycles. The zero-order valence-electron chi connectivity index (χ0n) is 11.6. The summed E-state index contributed by atoms with van der Waals surface area (Å²) in [6.07, 6.45) is 3.31. The molecule has 0 bridgehead atoms. The summed E-state index contributed by atoms with van der Waals surface area (Å²) < 4.78 is 25.7. The number of rotatable bonds is 5. The van der Waals surface area contributed by atoms with Crippen molar-refractivity contribution in [2.45, 2.75) is 31.2 Å². The van der Waals surface area contributed by atoms with Gasteiger partial charge in [-0.05, 0) is 12.8 Å². The third-order valence-corrected chi connectivity index (χ3v) is 6.77. The van der Waals surface area contributed by atoms with Gasteiger partial charge in [-0.25, -0.2) is 12.7 Å². The van der Waals surface area contributed by atoms with Gasteiger partial charge in [-0.15, -0.1) is 0 Å². The third-order valence-electron chi connectivity index (χ3n) is 3.96. The van der Waals surface area contributed by atoms with E-state index in [1.165, 1.54) is 4.31 Å². The number of sulfonamides is 1. The smallest absolute Gasteiger partial charge is 0.240 e. The van der Waals surface area contributed by atoms with Crippen LogP contribution in [0.2, 0.25) is 0 Å². The van der Waals surface area contributed by atoms with Crippen LogP contribution in [0.1, 0.15) is 25.7 Å². The summed E-state index contributed by atoms with van der Waals surface area (Å²) in [4.78, 5) is 12.0.